The minimum Gasteiger partial charge on any atom is -0.450 e. The van der Waals surface area contributed by atoms with Crippen molar-refractivity contribution in [3.05, 3.63) is 69.6 Å². The monoisotopic (exact) mass is 384 g/mol. The van der Waals surface area contributed by atoms with Gasteiger partial charge >= 0.3 is 11.9 Å². The number of aromatic nitrogens is 2. The largest absolute Gasteiger partial charge is 0.450 e. The number of amides is 1. The number of nitro groups is 1. The maximum absolute atomic E-state index is 12.1. The van der Waals surface area contributed by atoms with Gasteiger partial charge in [0.15, 0.2) is 6.61 Å². The summed E-state index contributed by atoms with van der Waals surface area (Å²) in [4.78, 5) is 33.7. The molecule has 28 heavy (non-hydrogen) atoms. The van der Waals surface area contributed by atoms with E-state index in [4.69, 9.17) is 9.15 Å². The van der Waals surface area contributed by atoms with Crippen LogP contribution in [0.5, 0.6) is 0 Å². The highest BCUT2D eigenvalue weighted by atomic mass is 16.7. The number of hydrogen-bond donors (Lipinski definition) is 1. The number of carbonyl (C=O) groups is 2. The Bertz CT molecular complexity index is 1030. The third-order valence-electron chi connectivity index (χ3n) is 3.68. The molecule has 0 aliphatic carbocycles. The van der Waals surface area contributed by atoms with Crippen molar-refractivity contribution >= 4 is 23.6 Å². The Morgan fingerprint density at radius 3 is 2.57 bits per heavy atom. The zero-order valence-electron chi connectivity index (χ0n) is 15.0. The van der Waals surface area contributed by atoms with Crippen LogP contribution in [0.4, 0.5) is 11.7 Å². The zero-order chi connectivity index (χ0) is 20.3. The first-order valence-electron chi connectivity index (χ1n) is 8.18. The average molecular weight is 384 g/mol. The number of anilines is 1. The molecule has 0 saturated carbocycles. The second kappa shape index (κ2) is 7.74. The number of rotatable bonds is 6. The van der Waals surface area contributed by atoms with Gasteiger partial charge < -0.3 is 14.5 Å². The fourth-order valence-corrected chi connectivity index (χ4v) is 2.39. The quantitative estimate of drug-likeness (QED) is 0.393. The number of ether oxygens (including phenoxy) is 1. The Morgan fingerprint density at radius 1 is 1.21 bits per heavy atom. The van der Waals surface area contributed by atoms with Crippen molar-refractivity contribution in [1.82, 2.24) is 9.78 Å². The van der Waals surface area contributed by atoms with E-state index < -0.39 is 29.3 Å². The summed E-state index contributed by atoms with van der Waals surface area (Å²) < 4.78 is 11.1. The van der Waals surface area contributed by atoms with Crippen molar-refractivity contribution in [3.63, 3.8) is 0 Å². The fourth-order valence-electron chi connectivity index (χ4n) is 2.39. The molecular weight excluding hydrogens is 368 g/mol. The van der Waals surface area contributed by atoms with Crippen molar-refractivity contribution < 1.29 is 23.7 Å². The molecule has 1 amide bonds. The third kappa shape index (κ3) is 4.23. The molecule has 0 radical (unpaired) electrons. The molecule has 2 heterocycles. The molecule has 0 bridgehead atoms. The molecule has 0 atom stereocenters. The van der Waals surface area contributed by atoms with Gasteiger partial charge in [0, 0.05) is 6.07 Å². The Labute approximate surface area is 158 Å². The topological polar surface area (TPSA) is 130 Å². The van der Waals surface area contributed by atoms with Crippen LogP contribution < -0.4 is 5.32 Å². The van der Waals surface area contributed by atoms with E-state index in [9.17, 15) is 19.7 Å². The van der Waals surface area contributed by atoms with Crippen LogP contribution >= 0.6 is 0 Å². The van der Waals surface area contributed by atoms with Gasteiger partial charge in [0.1, 0.15) is 10.7 Å². The third-order valence-corrected chi connectivity index (χ3v) is 3.68. The molecule has 3 rings (SSSR count). The number of furan rings is 1. The van der Waals surface area contributed by atoms with Gasteiger partial charge in [0.25, 0.3) is 5.91 Å². The van der Waals surface area contributed by atoms with E-state index in [2.05, 4.69) is 10.4 Å². The van der Waals surface area contributed by atoms with Crippen LogP contribution in [0.3, 0.4) is 0 Å². The lowest BCUT2D eigenvalue weighted by Crippen LogP contribution is -2.22. The minimum absolute atomic E-state index is 0.361. The summed E-state index contributed by atoms with van der Waals surface area (Å²) in [6, 6.07) is 11.4. The van der Waals surface area contributed by atoms with Crippen molar-refractivity contribution in [1.29, 1.82) is 0 Å². The van der Waals surface area contributed by atoms with Crippen LogP contribution in [0.2, 0.25) is 0 Å². The second-order valence-corrected chi connectivity index (χ2v) is 5.94. The fraction of sp³-hybridized carbons (Fsp3) is 0.167. The van der Waals surface area contributed by atoms with Gasteiger partial charge in [-0.05, 0) is 32.0 Å². The van der Waals surface area contributed by atoms with E-state index in [1.54, 1.807) is 17.7 Å². The summed E-state index contributed by atoms with van der Waals surface area (Å²) in [6.45, 7) is 3.15. The molecule has 0 aliphatic heterocycles. The lowest BCUT2D eigenvalue weighted by atomic mass is 10.2. The number of aryl methyl sites for hydroxylation is 2. The number of nitrogens with zero attached hydrogens (tertiary/aromatic N) is 3. The van der Waals surface area contributed by atoms with E-state index in [0.717, 1.165) is 23.4 Å². The molecule has 0 saturated heterocycles. The summed E-state index contributed by atoms with van der Waals surface area (Å²) in [6.07, 6.45) is 0. The predicted octanol–water partition coefficient (Wildman–Crippen LogP) is 2.79. The average Bonchev–Trinajstić information content (AvgIpc) is 3.28. The molecule has 0 spiro atoms. The molecule has 0 unspecified atom stereocenters. The molecule has 0 aliphatic rings. The Morgan fingerprint density at radius 2 is 1.93 bits per heavy atom. The van der Waals surface area contributed by atoms with E-state index in [0.29, 0.717) is 11.5 Å². The molecular formula is C18H16N4O6. The van der Waals surface area contributed by atoms with Gasteiger partial charge in [-0.2, -0.15) is 5.10 Å². The number of hydrogen-bond acceptors (Lipinski definition) is 7. The Kier molecular flexibility index (Phi) is 5.21. The number of benzene rings is 1. The summed E-state index contributed by atoms with van der Waals surface area (Å²) in [5.74, 6) is -2.11. The number of nitrogens with one attached hydrogen (secondary N) is 1. The van der Waals surface area contributed by atoms with Gasteiger partial charge in [-0.1, -0.05) is 17.7 Å². The first kappa shape index (κ1) is 18.8. The van der Waals surface area contributed by atoms with Gasteiger partial charge in [0.2, 0.25) is 5.76 Å². The van der Waals surface area contributed by atoms with Gasteiger partial charge in [-0.15, -0.1) is 0 Å². The summed E-state index contributed by atoms with van der Waals surface area (Å²) in [5.41, 5.74) is 2.54. The molecule has 1 N–H and O–H groups in total. The number of carbonyl (C=O) groups excluding carboxylic acids is 2. The van der Waals surface area contributed by atoms with Gasteiger partial charge in [0.05, 0.1) is 17.4 Å². The first-order chi connectivity index (χ1) is 13.3. The molecule has 144 valence electrons. The van der Waals surface area contributed by atoms with Crippen molar-refractivity contribution in [3.8, 4) is 5.69 Å². The van der Waals surface area contributed by atoms with Crippen LogP contribution in [-0.4, -0.2) is 33.2 Å². The number of esters is 1. The van der Waals surface area contributed by atoms with Gasteiger partial charge in [-0.25, -0.2) is 9.48 Å². The van der Waals surface area contributed by atoms with Crippen LogP contribution in [0, 0.1) is 24.0 Å². The van der Waals surface area contributed by atoms with E-state index in [1.807, 2.05) is 31.2 Å². The normalized spacial score (nSPS) is 10.5. The molecule has 3 aromatic rings. The molecule has 10 nitrogen and oxygen atoms in total. The van der Waals surface area contributed by atoms with Crippen LogP contribution in [-0.2, 0) is 9.53 Å². The summed E-state index contributed by atoms with van der Waals surface area (Å²) in [5, 5.41) is 17.5. The standard InChI is InChI=1S/C18H16N4O6/c1-11-3-5-13(6-4-11)21-15(9-12(2)20-21)19-16(23)10-27-18(24)14-7-8-17(28-14)22(25)26/h3-9H,10H2,1-2H3,(H,19,23). The van der Waals surface area contributed by atoms with Crippen molar-refractivity contribution in [2.45, 2.75) is 13.8 Å². The highest BCUT2D eigenvalue weighted by molar-refractivity contribution is 5.94. The SMILES string of the molecule is Cc1ccc(-n2nc(C)cc2NC(=O)COC(=O)c2ccc([N+](=O)[O-])o2)cc1. The van der Waals surface area contributed by atoms with Gasteiger partial charge in [-0.3, -0.25) is 14.9 Å². The highest BCUT2D eigenvalue weighted by Crippen LogP contribution is 2.18. The smallest absolute Gasteiger partial charge is 0.433 e. The van der Waals surface area contributed by atoms with Crippen molar-refractivity contribution in [2.24, 2.45) is 0 Å². The van der Waals surface area contributed by atoms with Crippen LogP contribution in [0.1, 0.15) is 21.8 Å². The Balaban J connectivity index is 1.64. The van der Waals surface area contributed by atoms with E-state index >= 15 is 0 Å². The second-order valence-electron chi connectivity index (χ2n) is 5.94. The minimum atomic E-state index is -0.980. The molecule has 2 aromatic heterocycles. The van der Waals surface area contributed by atoms with Crippen LogP contribution in [0.25, 0.3) is 5.69 Å². The Hall–Kier alpha value is -3.95. The molecule has 1 aromatic carbocycles. The zero-order valence-corrected chi connectivity index (χ0v) is 15.0. The highest BCUT2D eigenvalue weighted by Gasteiger charge is 2.20. The molecule has 0 fully saturated rings. The predicted molar refractivity (Wildman–Crippen MR) is 97.3 cm³/mol. The summed E-state index contributed by atoms with van der Waals surface area (Å²) >= 11 is 0. The first-order valence-corrected chi connectivity index (χ1v) is 8.18. The van der Waals surface area contributed by atoms with Crippen molar-refractivity contribution in [2.75, 3.05) is 11.9 Å². The maximum atomic E-state index is 12.1. The molecule has 10 heteroatoms. The lowest BCUT2D eigenvalue weighted by Gasteiger charge is -2.09. The maximum Gasteiger partial charge on any atom is 0.433 e. The van der Waals surface area contributed by atoms with Crippen LogP contribution in [0.15, 0.2) is 46.9 Å². The lowest BCUT2D eigenvalue weighted by molar-refractivity contribution is -0.402. The van der Waals surface area contributed by atoms with E-state index in [1.165, 1.54) is 0 Å². The summed E-state index contributed by atoms with van der Waals surface area (Å²) in [7, 11) is 0. The van der Waals surface area contributed by atoms with E-state index in [-0.39, 0.29) is 5.76 Å².